The molecule has 0 saturated carbocycles. The van der Waals surface area contributed by atoms with E-state index in [1.165, 1.54) is 0 Å². The summed E-state index contributed by atoms with van der Waals surface area (Å²) >= 11 is 2.03. The Morgan fingerprint density at radius 1 is 1.09 bits per heavy atom. The molecule has 0 fully saturated rings. The molecule has 0 aliphatic rings. The van der Waals surface area contributed by atoms with Crippen molar-refractivity contribution < 1.29 is 20.1 Å². The number of hydrogen-bond acceptors (Lipinski definition) is 4. The fraction of sp³-hybridized carbons (Fsp3) is 0.176. The van der Waals surface area contributed by atoms with Gasteiger partial charge in [0.2, 0.25) is 0 Å². The highest BCUT2D eigenvalue weighted by Gasteiger charge is 2.20. The number of halogens is 1. The van der Waals surface area contributed by atoms with Crippen molar-refractivity contribution in [3.05, 3.63) is 69.3 Å². The Morgan fingerprint density at radius 3 is 2.23 bits per heavy atom. The van der Waals surface area contributed by atoms with E-state index < -0.39 is 12.4 Å². The van der Waals surface area contributed by atoms with Gasteiger partial charge in [-0.15, -0.1) is 0 Å². The van der Waals surface area contributed by atoms with Crippen LogP contribution in [0.3, 0.4) is 0 Å². The fourth-order valence-electron chi connectivity index (χ4n) is 1.93. The van der Waals surface area contributed by atoms with Gasteiger partial charge in [-0.25, -0.2) is 0 Å². The topological polar surface area (TPSA) is 69.9 Å². The highest BCUT2D eigenvalue weighted by atomic mass is 127. The van der Waals surface area contributed by atoms with Gasteiger partial charge in [-0.1, -0.05) is 24.8 Å². The molecule has 116 valence electrons. The third kappa shape index (κ3) is 4.00. The van der Waals surface area contributed by atoms with Gasteiger partial charge in [-0.3, -0.25) is 0 Å². The van der Waals surface area contributed by atoms with Gasteiger partial charge in [0.1, 0.15) is 17.6 Å². The second-order valence-electron chi connectivity index (χ2n) is 5.02. The van der Waals surface area contributed by atoms with E-state index in [0.29, 0.717) is 9.14 Å². The molecule has 4 nitrogen and oxygen atoms in total. The Morgan fingerprint density at radius 2 is 1.68 bits per heavy atom. The van der Waals surface area contributed by atoms with Crippen molar-refractivity contribution in [3.8, 4) is 11.5 Å². The van der Waals surface area contributed by atoms with E-state index in [1.54, 1.807) is 49.4 Å². The van der Waals surface area contributed by atoms with Crippen molar-refractivity contribution in [3.63, 3.8) is 0 Å². The molecule has 2 unspecified atom stereocenters. The lowest BCUT2D eigenvalue weighted by Crippen LogP contribution is -2.18. The molecule has 2 aromatic carbocycles. The first-order valence-electron chi connectivity index (χ1n) is 6.64. The predicted octanol–water partition coefficient (Wildman–Crippen LogP) is 3.70. The number of ether oxygens (including phenoxy) is 1. The van der Waals surface area contributed by atoms with Gasteiger partial charge in [0.05, 0.1) is 3.57 Å². The van der Waals surface area contributed by atoms with Gasteiger partial charge in [0.25, 0.3) is 0 Å². The Bertz CT molecular complexity index is 667. The molecule has 0 saturated heterocycles. The summed E-state index contributed by atoms with van der Waals surface area (Å²) in [6, 6.07) is 11.7. The Kier molecular flexibility index (Phi) is 5.44. The molecule has 5 heteroatoms. The monoisotopic (exact) mass is 412 g/mol. The SMILES string of the molecule is C=C(C)C(O)OC(c1ccc(O)cc1)c1ccc(O)c(I)c1. The molecule has 2 rings (SSSR count). The van der Waals surface area contributed by atoms with Crippen LogP contribution in [-0.2, 0) is 4.74 Å². The summed E-state index contributed by atoms with van der Waals surface area (Å²) in [5.41, 5.74) is 2.06. The van der Waals surface area contributed by atoms with Gasteiger partial charge in [0, 0.05) is 0 Å². The van der Waals surface area contributed by atoms with E-state index in [4.69, 9.17) is 4.74 Å². The Balaban J connectivity index is 2.42. The van der Waals surface area contributed by atoms with Crippen LogP contribution in [0.15, 0.2) is 54.6 Å². The van der Waals surface area contributed by atoms with Crippen molar-refractivity contribution in [2.45, 2.75) is 19.3 Å². The van der Waals surface area contributed by atoms with Gasteiger partial charge < -0.3 is 20.1 Å². The second kappa shape index (κ2) is 7.13. The zero-order valence-electron chi connectivity index (χ0n) is 12.0. The zero-order chi connectivity index (χ0) is 16.3. The van der Waals surface area contributed by atoms with Gasteiger partial charge in [-0.05, 0) is 70.5 Å². The third-order valence-electron chi connectivity index (χ3n) is 3.16. The maximum Gasteiger partial charge on any atom is 0.177 e. The highest BCUT2D eigenvalue weighted by molar-refractivity contribution is 14.1. The summed E-state index contributed by atoms with van der Waals surface area (Å²) < 4.78 is 6.40. The highest BCUT2D eigenvalue weighted by Crippen LogP contribution is 2.32. The molecule has 0 aliphatic heterocycles. The first kappa shape index (κ1) is 16.8. The summed E-state index contributed by atoms with van der Waals surface area (Å²) in [6.45, 7) is 5.36. The van der Waals surface area contributed by atoms with Crippen LogP contribution in [0, 0.1) is 3.57 Å². The number of hydrogen-bond donors (Lipinski definition) is 3. The van der Waals surface area contributed by atoms with E-state index in [-0.39, 0.29) is 11.5 Å². The lowest BCUT2D eigenvalue weighted by molar-refractivity contribution is -0.100. The molecule has 2 atom stereocenters. The minimum absolute atomic E-state index is 0.156. The predicted molar refractivity (Wildman–Crippen MR) is 92.7 cm³/mol. The molecule has 2 aromatic rings. The number of aliphatic hydroxyl groups is 1. The van der Waals surface area contributed by atoms with Crippen molar-refractivity contribution in [2.75, 3.05) is 0 Å². The van der Waals surface area contributed by atoms with Crippen LogP contribution in [0.5, 0.6) is 11.5 Å². The molecule has 0 amide bonds. The number of aliphatic hydroxyl groups excluding tert-OH is 1. The van der Waals surface area contributed by atoms with E-state index in [0.717, 1.165) is 11.1 Å². The summed E-state index contributed by atoms with van der Waals surface area (Å²) in [5, 5.41) is 29.1. The number of phenols is 2. The molecule has 0 heterocycles. The summed E-state index contributed by atoms with van der Waals surface area (Å²) in [6.07, 6.45) is -1.65. The van der Waals surface area contributed by atoms with Crippen LogP contribution >= 0.6 is 22.6 Å². The summed E-state index contributed by atoms with van der Waals surface area (Å²) in [4.78, 5) is 0. The van der Waals surface area contributed by atoms with Crippen LogP contribution in [0.25, 0.3) is 0 Å². The van der Waals surface area contributed by atoms with E-state index in [1.807, 2.05) is 22.6 Å². The second-order valence-corrected chi connectivity index (χ2v) is 6.18. The molecule has 3 N–H and O–H groups in total. The van der Waals surface area contributed by atoms with Crippen LogP contribution < -0.4 is 0 Å². The minimum atomic E-state index is -1.11. The zero-order valence-corrected chi connectivity index (χ0v) is 14.2. The third-order valence-corrected chi connectivity index (χ3v) is 4.02. The van der Waals surface area contributed by atoms with Gasteiger partial charge in [0.15, 0.2) is 6.29 Å². The first-order valence-corrected chi connectivity index (χ1v) is 7.72. The molecular weight excluding hydrogens is 395 g/mol. The molecule has 0 spiro atoms. The fourth-order valence-corrected chi connectivity index (χ4v) is 2.47. The van der Waals surface area contributed by atoms with Crippen LogP contribution in [-0.4, -0.2) is 21.6 Å². The Labute approximate surface area is 142 Å². The maximum absolute atomic E-state index is 9.98. The van der Waals surface area contributed by atoms with E-state index >= 15 is 0 Å². The van der Waals surface area contributed by atoms with Crippen LogP contribution in [0.1, 0.15) is 24.2 Å². The standard InChI is InChI=1S/C17H17IO4/c1-10(2)17(21)22-16(11-3-6-13(19)7-4-11)12-5-8-15(20)14(18)9-12/h3-9,16-17,19-21H,1H2,2H3. The number of rotatable bonds is 5. The van der Waals surface area contributed by atoms with Gasteiger partial charge in [-0.2, -0.15) is 0 Å². The van der Waals surface area contributed by atoms with E-state index in [2.05, 4.69) is 6.58 Å². The maximum atomic E-state index is 9.98. The lowest BCUT2D eigenvalue weighted by atomic mass is 10.0. The Hall–Kier alpha value is -1.57. The van der Waals surface area contributed by atoms with Gasteiger partial charge >= 0.3 is 0 Å². The molecular formula is C17H17IO4. The van der Waals surface area contributed by atoms with Crippen LogP contribution in [0.2, 0.25) is 0 Å². The molecule has 0 bridgehead atoms. The lowest BCUT2D eigenvalue weighted by Gasteiger charge is -2.23. The molecule has 22 heavy (non-hydrogen) atoms. The minimum Gasteiger partial charge on any atom is -0.508 e. The molecule has 0 aliphatic carbocycles. The molecule has 0 radical (unpaired) electrons. The van der Waals surface area contributed by atoms with Crippen molar-refractivity contribution in [1.82, 2.24) is 0 Å². The number of aromatic hydroxyl groups is 2. The van der Waals surface area contributed by atoms with Crippen molar-refractivity contribution >= 4 is 22.6 Å². The number of benzene rings is 2. The first-order chi connectivity index (χ1) is 10.4. The molecule has 0 aromatic heterocycles. The summed E-state index contributed by atoms with van der Waals surface area (Å²) in [5.74, 6) is 0.345. The normalized spacial score (nSPS) is 13.6. The van der Waals surface area contributed by atoms with Crippen LogP contribution in [0.4, 0.5) is 0 Å². The largest absolute Gasteiger partial charge is 0.508 e. The van der Waals surface area contributed by atoms with Crippen molar-refractivity contribution in [1.29, 1.82) is 0 Å². The number of phenolic OH excluding ortho intramolecular Hbond substituents is 2. The smallest absolute Gasteiger partial charge is 0.177 e. The average Bonchev–Trinajstić information content (AvgIpc) is 2.48. The quantitative estimate of drug-likeness (QED) is 0.398. The van der Waals surface area contributed by atoms with E-state index in [9.17, 15) is 15.3 Å². The summed E-state index contributed by atoms with van der Waals surface area (Å²) in [7, 11) is 0. The average molecular weight is 412 g/mol. The van der Waals surface area contributed by atoms with Crippen molar-refractivity contribution in [2.24, 2.45) is 0 Å².